The largest absolute Gasteiger partial charge is 0.524 e. The third-order valence-corrected chi connectivity index (χ3v) is 1.38. The molecule has 2 unspecified atom stereocenters. The first-order chi connectivity index (χ1) is 4.34. The second kappa shape index (κ2) is 5.16. The van der Waals surface area contributed by atoms with Crippen molar-refractivity contribution in [3.63, 3.8) is 0 Å². The molecule has 0 saturated carbocycles. The maximum atomic E-state index is 12.5. The molecule has 1 rings (SSSR count). The zero-order valence-electron chi connectivity index (χ0n) is 5.43. The molecule has 0 aromatic rings. The first-order valence-corrected chi connectivity index (χ1v) is 2.82. The van der Waals surface area contributed by atoms with E-state index in [2.05, 4.69) is 10.6 Å². The molecule has 1 saturated heterocycles. The summed E-state index contributed by atoms with van der Waals surface area (Å²) in [5.74, 6) is 0. The molecule has 1 aliphatic rings. The van der Waals surface area contributed by atoms with Crippen molar-refractivity contribution in [2.45, 2.75) is 12.2 Å². The Morgan fingerprint density at radius 3 is 2.70 bits per heavy atom. The fourth-order valence-electron chi connectivity index (χ4n) is 0.864. The summed E-state index contributed by atoms with van der Waals surface area (Å²) >= 11 is 0. The van der Waals surface area contributed by atoms with Crippen molar-refractivity contribution in [1.29, 1.82) is 0 Å². The van der Waals surface area contributed by atoms with E-state index in [1.807, 2.05) is 0 Å². The van der Waals surface area contributed by atoms with Gasteiger partial charge in [-0.05, 0) is 0 Å². The van der Waals surface area contributed by atoms with Crippen molar-refractivity contribution in [2.75, 3.05) is 13.1 Å². The standard InChI is InChI=1S/C5H8FN2O.Y/c6-4-1-7-2-5(4)8-3-9;/h4-5,7H,1-2H2,(H,8,9);/q-1;. The Balaban J connectivity index is 0.000000810. The Bertz CT molecular complexity index is 114. The number of carbonyl (C=O) groups excluding carboxylic acids is 1. The summed E-state index contributed by atoms with van der Waals surface area (Å²) in [6.07, 6.45) is 0.508. The van der Waals surface area contributed by atoms with E-state index in [0.717, 1.165) is 0 Å². The molecule has 10 heavy (non-hydrogen) atoms. The zero-order chi connectivity index (χ0) is 6.69. The smallest absolute Gasteiger partial charge is 0.131 e. The molecule has 1 radical (unpaired) electrons. The van der Waals surface area contributed by atoms with Gasteiger partial charge in [0.15, 0.2) is 0 Å². The number of rotatable bonds is 2. The number of halogens is 1. The Kier molecular flexibility index (Phi) is 5.40. The molecule has 0 aromatic heterocycles. The van der Waals surface area contributed by atoms with Crippen molar-refractivity contribution < 1.29 is 41.9 Å². The van der Waals surface area contributed by atoms with Gasteiger partial charge >= 0.3 is 0 Å². The summed E-state index contributed by atoms with van der Waals surface area (Å²) in [4.78, 5) is 9.68. The molecule has 3 nitrogen and oxygen atoms in total. The predicted octanol–water partition coefficient (Wildman–Crippen LogP) is -1.05. The molecule has 2 atom stereocenters. The Labute approximate surface area is 84.0 Å². The van der Waals surface area contributed by atoms with Crippen LogP contribution in [0.5, 0.6) is 0 Å². The van der Waals surface area contributed by atoms with Crippen LogP contribution in [-0.4, -0.2) is 31.7 Å². The number of alkyl halides is 1. The Hall–Kier alpha value is 0.464. The molecule has 55 valence electrons. The summed E-state index contributed by atoms with van der Waals surface area (Å²) in [5, 5.41) is 5.04. The molecule has 1 aliphatic heterocycles. The molecule has 2 N–H and O–H groups in total. The molecule has 5 heteroatoms. The normalized spacial score (nSPS) is 30.9. The van der Waals surface area contributed by atoms with Gasteiger partial charge in [0.1, 0.15) is 6.17 Å². The maximum absolute atomic E-state index is 12.5. The van der Waals surface area contributed by atoms with Crippen LogP contribution in [0.1, 0.15) is 0 Å². The third-order valence-electron chi connectivity index (χ3n) is 1.38. The summed E-state index contributed by atoms with van der Waals surface area (Å²) in [7, 11) is 0. The molecule has 0 spiro atoms. The van der Waals surface area contributed by atoms with Crippen LogP contribution >= 0.6 is 0 Å². The van der Waals surface area contributed by atoms with Gasteiger partial charge in [0.25, 0.3) is 0 Å². The van der Waals surface area contributed by atoms with E-state index < -0.39 is 6.17 Å². The Morgan fingerprint density at radius 2 is 2.30 bits per heavy atom. The van der Waals surface area contributed by atoms with Crippen LogP contribution < -0.4 is 10.6 Å². The van der Waals surface area contributed by atoms with Crippen molar-refractivity contribution in [2.24, 2.45) is 0 Å². The van der Waals surface area contributed by atoms with Gasteiger partial charge in [0, 0.05) is 51.8 Å². The monoisotopic (exact) mass is 220 g/mol. The molecule has 1 heterocycles. The second-order valence-corrected chi connectivity index (χ2v) is 2.03. The van der Waals surface area contributed by atoms with Gasteiger partial charge in [0.05, 0.1) is 0 Å². The number of hydrogen-bond donors (Lipinski definition) is 2. The minimum absolute atomic E-state index is 0. The average molecular weight is 220 g/mol. The fourth-order valence-corrected chi connectivity index (χ4v) is 0.864. The minimum Gasteiger partial charge on any atom is -0.524 e. The van der Waals surface area contributed by atoms with E-state index in [0.29, 0.717) is 13.1 Å². The third kappa shape index (κ3) is 2.60. The van der Waals surface area contributed by atoms with Crippen LogP contribution in [0.4, 0.5) is 4.39 Å². The Morgan fingerprint density at radius 1 is 1.60 bits per heavy atom. The van der Waals surface area contributed by atoms with Crippen molar-refractivity contribution in [1.82, 2.24) is 10.6 Å². The van der Waals surface area contributed by atoms with E-state index in [4.69, 9.17) is 0 Å². The number of amides is 1. The van der Waals surface area contributed by atoms with Crippen molar-refractivity contribution in [3.05, 3.63) is 0 Å². The molecular formula is C5H8FN2OY-. The first kappa shape index (κ1) is 10.5. The van der Waals surface area contributed by atoms with Crippen LogP contribution in [0.25, 0.3) is 0 Å². The average Bonchev–Trinajstić information content (AvgIpc) is 2.18. The van der Waals surface area contributed by atoms with E-state index >= 15 is 0 Å². The number of nitrogens with one attached hydrogen (secondary N) is 2. The van der Waals surface area contributed by atoms with Crippen LogP contribution in [0.2, 0.25) is 0 Å². The van der Waals surface area contributed by atoms with Crippen LogP contribution in [-0.2, 0) is 37.5 Å². The van der Waals surface area contributed by atoms with Gasteiger partial charge in [-0.15, -0.1) is 0 Å². The molecular weight excluding hydrogens is 212 g/mol. The van der Waals surface area contributed by atoms with Gasteiger partial charge < -0.3 is 15.4 Å². The van der Waals surface area contributed by atoms with Crippen LogP contribution in [0, 0.1) is 0 Å². The van der Waals surface area contributed by atoms with Gasteiger partial charge in [-0.2, -0.15) is 6.41 Å². The first-order valence-electron chi connectivity index (χ1n) is 2.82. The van der Waals surface area contributed by atoms with Crippen molar-refractivity contribution >= 4 is 6.41 Å². The van der Waals surface area contributed by atoms with Gasteiger partial charge in [-0.3, -0.25) is 0 Å². The fraction of sp³-hybridized carbons (Fsp3) is 0.800. The summed E-state index contributed by atoms with van der Waals surface area (Å²) in [5.41, 5.74) is 0. The molecule has 0 aromatic carbocycles. The van der Waals surface area contributed by atoms with Gasteiger partial charge in [0.2, 0.25) is 0 Å². The topological polar surface area (TPSA) is 41.1 Å². The summed E-state index contributed by atoms with van der Waals surface area (Å²) in [6, 6.07) is -0.373. The van der Waals surface area contributed by atoms with Gasteiger partial charge in [-0.1, -0.05) is 0 Å². The van der Waals surface area contributed by atoms with Gasteiger partial charge in [-0.25, -0.2) is 4.39 Å². The SMILES string of the molecule is O=[C-]NC1CNCC1F.[Y]. The number of hydrogen-bond acceptors (Lipinski definition) is 2. The van der Waals surface area contributed by atoms with Crippen LogP contribution in [0.15, 0.2) is 0 Å². The quantitative estimate of drug-likeness (QED) is 0.460. The van der Waals surface area contributed by atoms with Crippen molar-refractivity contribution in [3.8, 4) is 0 Å². The van der Waals surface area contributed by atoms with E-state index in [-0.39, 0.29) is 38.8 Å². The zero-order valence-corrected chi connectivity index (χ0v) is 8.27. The van der Waals surface area contributed by atoms with E-state index in [1.54, 1.807) is 0 Å². The maximum Gasteiger partial charge on any atom is 0.131 e. The molecule has 1 fully saturated rings. The van der Waals surface area contributed by atoms with E-state index in [9.17, 15) is 9.18 Å². The minimum atomic E-state index is -0.952. The molecule has 1 amide bonds. The summed E-state index contributed by atoms with van der Waals surface area (Å²) < 4.78 is 12.5. The molecule has 0 bridgehead atoms. The predicted molar refractivity (Wildman–Crippen MR) is 30.4 cm³/mol. The van der Waals surface area contributed by atoms with E-state index in [1.165, 1.54) is 6.41 Å². The van der Waals surface area contributed by atoms with Crippen LogP contribution in [0.3, 0.4) is 0 Å². The molecule has 0 aliphatic carbocycles. The second-order valence-electron chi connectivity index (χ2n) is 2.03. The summed E-state index contributed by atoms with van der Waals surface area (Å²) in [6.45, 7) is 0.843.